The van der Waals surface area contributed by atoms with Crippen LogP contribution in [0.15, 0.2) is 60.8 Å². The van der Waals surface area contributed by atoms with Crippen molar-refractivity contribution in [1.82, 2.24) is 5.32 Å². The molecule has 0 rings (SSSR count). The van der Waals surface area contributed by atoms with Crippen molar-refractivity contribution in [3.05, 3.63) is 60.8 Å². The molecule has 0 heterocycles. The highest BCUT2D eigenvalue weighted by molar-refractivity contribution is 7.47. The van der Waals surface area contributed by atoms with Crippen molar-refractivity contribution in [1.29, 1.82) is 0 Å². The van der Waals surface area contributed by atoms with E-state index in [1.54, 1.807) is 0 Å². The van der Waals surface area contributed by atoms with Crippen LogP contribution in [0.1, 0.15) is 303 Å². The molecule has 3 unspecified atom stereocenters. The quantitative estimate of drug-likeness (QED) is 0.0205. The van der Waals surface area contributed by atoms with Crippen molar-refractivity contribution >= 4 is 19.7 Å². The van der Waals surface area contributed by atoms with Gasteiger partial charge >= 0.3 is 13.8 Å². The number of amides is 1. The van der Waals surface area contributed by atoms with Crippen molar-refractivity contribution in [2.75, 3.05) is 40.9 Å². The van der Waals surface area contributed by atoms with Gasteiger partial charge in [-0.05, 0) is 96.0 Å². The Morgan fingerprint density at radius 2 is 0.792 bits per heavy atom. The van der Waals surface area contributed by atoms with Crippen LogP contribution in [0.25, 0.3) is 0 Å². The minimum Gasteiger partial charge on any atom is -0.456 e. The lowest BCUT2D eigenvalue weighted by molar-refractivity contribution is -0.870. The number of nitrogens with zero attached hydrogens (tertiary/aromatic N) is 1. The van der Waals surface area contributed by atoms with Gasteiger partial charge in [0.2, 0.25) is 5.91 Å². The second-order valence-electron chi connectivity index (χ2n) is 23.3. The number of quaternary nitrogens is 1. The first-order valence-corrected chi connectivity index (χ1v) is 34.1. The molecule has 3 atom stereocenters. The van der Waals surface area contributed by atoms with Gasteiger partial charge in [0.15, 0.2) is 0 Å². The van der Waals surface area contributed by atoms with Gasteiger partial charge in [-0.2, -0.15) is 0 Å². The molecule has 0 saturated carbocycles. The second kappa shape index (κ2) is 57.0. The Morgan fingerprint density at radius 1 is 0.455 bits per heavy atom. The SMILES string of the molecule is CCCCC/C=C\C/C=C\CCCCCCCCCCCC(=O)NC(COP(=O)(O)OCC[N+](C)(C)C)C(/C=C/CCCCCCCCCCCCC)OC(=O)CCCCCCCCCCC/C=C\C/C=C\CCCCC. The molecule has 0 aliphatic heterocycles. The summed E-state index contributed by atoms with van der Waals surface area (Å²) in [4.78, 5) is 37.8. The molecule has 0 spiro atoms. The van der Waals surface area contributed by atoms with Crippen molar-refractivity contribution in [3.8, 4) is 0 Å². The van der Waals surface area contributed by atoms with Gasteiger partial charge in [-0.1, -0.05) is 255 Å². The molecule has 0 saturated heterocycles. The van der Waals surface area contributed by atoms with Crippen molar-refractivity contribution < 1.29 is 37.3 Å². The Balaban J connectivity index is 5.24. The third kappa shape index (κ3) is 58.2. The fourth-order valence-corrected chi connectivity index (χ4v) is 10.1. The number of hydrogen-bond acceptors (Lipinski definition) is 6. The molecule has 0 aromatic heterocycles. The number of carbonyl (C=O) groups is 2. The summed E-state index contributed by atoms with van der Waals surface area (Å²) in [6.07, 6.45) is 72.1. The van der Waals surface area contributed by atoms with Gasteiger partial charge in [0, 0.05) is 12.8 Å². The van der Waals surface area contributed by atoms with Crippen molar-refractivity contribution in [3.63, 3.8) is 0 Å². The van der Waals surface area contributed by atoms with E-state index in [1.165, 1.54) is 199 Å². The highest BCUT2D eigenvalue weighted by Crippen LogP contribution is 2.43. The molecular weight excluding hydrogens is 976 g/mol. The van der Waals surface area contributed by atoms with Crippen LogP contribution in [0, 0.1) is 0 Å². The molecule has 0 bridgehead atoms. The standard InChI is InChI=1S/C67H125N2O7P/c1-7-10-13-16-19-22-25-28-30-32-34-36-38-41-44-47-50-53-56-59-66(70)68-64(63-75-77(72,73)74-62-61-69(4,5)6)65(58-55-52-49-46-43-40-27-24-21-18-15-12-9-3)76-67(71)60-57-54-51-48-45-42-39-37-35-33-31-29-26-23-20-17-14-11-8-2/h19-20,22-23,28-31,55,58,64-65H,7-18,21,24-27,32-54,56-57,59-63H2,1-6H3,(H-,68,70,72,73)/p+1/b22-19-,23-20-,30-28-,31-29-,58-55+. The Bertz CT molecular complexity index is 1500. The summed E-state index contributed by atoms with van der Waals surface area (Å²) in [6.45, 7) is 6.99. The lowest BCUT2D eigenvalue weighted by Crippen LogP contribution is -2.47. The average Bonchev–Trinajstić information content (AvgIpc) is 3.39. The second-order valence-corrected chi connectivity index (χ2v) is 24.7. The van der Waals surface area contributed by atoms with Gasteiger partial charge in [-0.15, -0.1) is 0 Å². The van der Waals surface area contributed by atoms with Crippen LogP contribution < -0.4 is 5.32 Å². The van der Waals surface area contributed by atoms with Crippen LogP contribution in [0.3, 0.4) is 0 Å². The molecule has 0 aromatic rings. The zero-order valence-electron chi connectivity index (χ0n) is 51.5. The fraction of sp³-hybridized carbons (Fsp3) is 0.821. The normalized spacial score (nSPS) is 14.0. The molecule has 2 N–H and O–H groups in total. The van der Waals surface area contributed by atoms with E-state index in [0.717, 1.165) is 70.6 Å². The van der Waals surface area contributed by atoms with Crippen LogP contribution >= 0.6 is 7.82 Å². The van der Waals surface area contributed by atoms with Crippen molar-refractivity contribution in [2.24, 2.45) is 0 Å². The van der Waals surface area contributed by atoms with Crippen LogP contribution in [0.4, 0.5) is 0 Å². The largest absolute Gasteiger partial charge is 0.472 e. The zero-order valence-corrected chi connectivity index (χ0v) is 52.3. The maximum absolute atomic E-state index is 13.6. The van der Waals surface area contributed by atoms with E-state index in [-0.39, 0.29) is 31.5 Å². The number of likely N-dealkylation sites (N-methyl/N-ethyl adjacent to an activating group) is 1. The molecule has 0 fully saturated rings. The monoisotopic (exact) mass is 1100 g/mol. The number of phosphoric ester groups is 1. The van der Waals surface area contributed by atoms with E-state index >= 15 is 0 Å². The Hall–Kier alpha value is -2.29. The summed E-state index contributed by atoms with van der Waals surface area (Å²) in [7, 11) is 1.49. The van der Waals surface area contributed by atoms with E-state index in [1.807, 2.05) is 33.3 Å². The maximum Gasteiger partial charge on any atom is 0.472 e. The molecule has 450 valence electrons. The van der Waals surface area contributed by atoms with Crippen LogP contribution in [-0.4, -0.2) is 74.3 Å². The zero-order chi connectivity index (χ0) is 56.4. The van der Waals surface area contributed by atoms with Gasteiger partial charge in [-0.25, -0.2) is 4.57 Å². The lowest BCUT2D eigenvalue weighted by Gasteiger charge is -2.27. The maximum atomic E-state index is 13.6. The molecule has 77 heavy (non-hydrogen) atoms. The lowest BCUT2D eigenvalue weighted by atomic mass is 10.0. The van der Waals surface area contributed by atoms with Crippen LogP contribution in [-0.2, 0) is 27.9 Å². The van der Waals surface area contributed by atoms with Gasteiger partial charge in [0.25, 0.3) is 0 Å². The first-order valence-electron chi connectivity index (χ1n) is 32.6. The summed E-state index contributed by atoms with van der Waals surface area (Å²) >= 11 is 0. The van der Waals surface area contributed by atoms with E-state index in [0.29, 0.717) is 17.4 Å². The number of rotatable bonds is 59. The van der Waals surface area contributed by atoms with Crippen LogP contribution in [0.2, 0.25) is 0 Å². The highest BCUT2D eigenvalue weighted by Gasteiger charge is 2.30. The number of carbonyl (C=O) groups excluding carboxylic acids is 2. The summed E-state index contributed by atoms with van der Waals surface area (Å²) in [6, 6.07) is -0.853. The molecule has 0 radical (unpaired) electrons. The van der Waals surface area contributed by atoms with Crippen LogP contribution in [0.5, 0.6) is 0 Å². The first kappa shape index (κ1) is 74.7. The van der Waals surface area contributed by atoms with Crippen molar-refractivity contribution in [2.45, 2.75) is 315 Å². The number of allylic oxidation sites excluding steroid dienone is 9. The number of esters is 1. The summed E-state index contributed by atoms with van der Waals surface area (Å²) in [5, 5.41) is 3.06. The molecule has 10 heteroatoms. The Morgan fingerprint density at radius 3 is 1.19 bits per heavy atom. The summed E-state index contributed by atoms with van der Waals surface area (Å²) in [5.74, 6) is -0.507. The summed E-state index contributed by atoms with van der Waals surface area (Å²) < 4.78 is 30.8. The number of unbranched alkanes of at least 4 members (excludes halogenated alkanes) is 35. The number of nitrogens with one attached hydrogen (secondary N) is 1. The predicted molar refractivity (Wildman–Crippen MR) is 332 cm³/mol. The van der Waals surface area contributed by atoms with Gasteiger partial charge in [-0.3, -0.25) is 18.6 Å². The predicted octanol–water partition coefficient (Wildman–Crippen LogP) is 20.2. The topological polar surface area (TPSA) is 111 Å². The van der Waals surface area contributed by atoms with Gasteiger partial charge in [0.05, 0.1) is 33.8 Å². The minimum atomic E-state index is -4.45. The van der Waals surface area contributed by atoms with E-state index in [2.05, 4.69) is 74.7 Å². The van der Waals surface area contributed by atoms with E-state index in [9.17, 15) is 19.0 Å². The van der Waals surface area contributed by atoms with Gasteiger partial charge in [0.1, 0.15) is 19.3 Å². The molecule has 0 aromatic carbocycles. The molecular formula is C67H126N2O7P+. The third-order valence-electron chi connectivity index (χ3n) is 14.4. The number of ether oxygens (including phenoxy) is 1. The molecule has 9 nitrogen and oxygen atoms in total. The number of hydrogen-bond donors (Lipinski definition) is 2. The Kier molecular flexibility index (Phi) is 55.3. The Labute approximate surface area is 477 Å². The average molecular weight is 1100 g/mol. The molecule has 0 aliphatic rings. The van der Waals surface area contributed by atoms with E-state index < -0.39 is 20.0 Å². The van der Waals surface area contributed by atoms with E-state index in [4.69, 9.17) is 13.8 Å². The minimum absolute atomic E-state index is 0.0380. The third-order valence-corrected chi connectivity index (χ3v) is 15.4. The molecule has 0 aliphatic carbocycles. The van der Waals surface area contributed by atoms with Gasteiger partial charge < -0.3 is 19.4 Å². The number of phosphoric acid groups is 1. The highest BCUT2D eigenvalue weighted by atomic mass is 31.2. The molecule has 1 amide bonds. The summed E-state index contributed by atoms with van der Waals surface area (Å²) in [5.41, 5.74) is 0. The fourth-order valence-electron chi connectivity index (χ4n) is 9.35. The smallest absolute Gasteiger partial charge is 0.456 e. The first-order chi connectivity index (χ1) is 37.4.